The van der Waals surface area contributed by atoms with E-state index in [0.717, 1.165) is 31.9 Å². The molecule has 2 rings (SSSR count). The van der Waals surface area contributed by atoms with Crippen molar-refractivity contribution >= 4 is 0 Å². The first-order valence-corrected chi connectivity index (χ1v) is 8.24. The maximum absolute atomic E-state index is 4.49. The van der Waals surface area contributed by atoms with Crippen LogP contribution in [0, 0.1) is 5.92 Å². The van der Waals surface area contributed by atoms with Crippen LogP contribution in [-0.2, 0) is 6.54 Å². The molecule has 1 N–H and O–H groups in total. The van der Waals surface area contributed by atoms with Gasteiger partial charge in [-0.3, -0.25) is 4.90 Å². The first kappa shape index (κ1) is 16.4. The lowest BCUT2D eigenvalue weighted by Crippen LogP contribution is -2.63. The lowest BCUT2D eigenvalue weighted by Gasteiger charge is -2.48. The molecule has 5 nitrogen and oxygen atoms in total. The highest BCUT2D eigenvalue weighted by Gasteiger charge is 2.37. The molecule has 0 bridgehead atoms. The van der Waals surface area contributed by atoms with Crippen molar-refractivity contribution in [3.05, 3.63) is 12.2 Å². The van der Waals surface area contributed by atoms with Crippen LogP contribution in [0.15, 0.2) is 6.33 Å². The molecule has 1 saturated heterocycles. The molecule has 2 unspecified atom stereocenters. The Labute approximate surface area is 129 Å². The van der Waals surface area contributed by atoms with E-state index >= 15 is 0 Å². The van der Waals surface area contributed by atoms with Crippen molar-refractivity contribution in [3.8, 4) is 0 Å². The molecule has 1 fully saturated rings. The quantitative estimate of drug-likeness (QED) is 0.906. The predicted octanol–water partition coefficient (Wildman–Crippen LogP) is 2.46. The van der Waals surface area contributed by atoms with Gasteiger partial charge in [0.2, 0.25) is 0 Å². The van der Waals surface area contributed by atoms with Crippen LogP contribution in [0.5, 0.6) is 0 Å². The second-order valence-electron chi connectivity index (χ2n) is 7.18. The second-order valence-corrected chi connectivity index (χ2v) is 7.18. The first-order chi connectivity index (χ1) is 9.87. The summed E-state index contributed by atoms with van der Waals surface area (Å²) in [5, 5.41) is 8.09. The SMILES string of the molecule is CCC1(C)CNC(C(C)C)CN1Cc1ncnn1C(C)C. The largest absolute Gasteiger partial charge is 0.311 e. The maximum Gasteiger partial charge on any atom is 0.141 e. The molecular formula is C16H31N5. The predicted molar refractivity (Wildman–Crippen MR) is 86.1 cm³/mol. The first-order valence-electron chi connectivity index (χ1n) is 8.24. The van der Waals surface area contributed by atoms with Crippen molar-refractivity contribution < 1.29 is 0 Å². The van der Waals surface area contributed by atoms with Gasteiger partial charge in [-0.1, -0.05) is 20.8 Å². The molecule has 1 aromatic heterocycles. The molecule has 0 saturated carbocycles. The number of hydrogen-bond donors (Lipinski definition) is 1. The second kappa shape index (κ2) is 6.44. The zero-order valence-electron chi connectivity index (χ0n) is 14.4. The summed E-state index contributed by atoms with van der Waals surface area (Å²) in [6.07, 6.45) is 2.82. The molecule has 21 heavy (non-hydrogen) atoms. The molecule has 0 radical (unpaired) electrons. The normalized spacial score (nSPS) is 27.7. The standard InChI is InChI=1S/C16H31N5/c1-7-16(6)10-17-14(12(2)3)8-20(16)9-15-18-11-19-21(15)13(4)5/h11-14,17H,7-10H2,1-6H3. The highest BCUT2D eigenvalue weighted by atomic mass is 15.4. The summed E-state index contributed by atoms with van der Waals surface area (Å²) >= 11 is 0. The number of piperazine rings is 1. The number of nitrogens with zero attached hydrogens (tertiary/aromatic N) is 4. The Morgan fingerprint density at radius 2 is 2.10 bits per heavy atom. The molecule has 0 amide bonds. The monoisotopic (exact) mass is 293 g/mol. The van der Waals surface area contributed by atoms with Crippen LogP contribution in [-0.4, -0.2) is 44.3 Å². The average Bonchev–Trinajstić information content (AvgIpc) is 2.89. The Hall–Kier alpha value is -0.940. The van der Waals surface area contributed by atoms with E-state index in [-0.39, 0.29) is 5.54 Å². The minimum absolute atomic E-state index is 0.194. The van der Waals surface area contributed by atoms with Crippen molar-refractivity contribution in [2.45, 2.75) is 72.1 Å². The van der Waals surface area contributed by atoms with Crippen LogP contribution in [0.25, 0.3) is 0 Å². The van der Waals surface area contributed by atoms with E-state index in [1.54, 1.807) is 6.33 Å². The van der Waals surface area contributed by atoms with E-state index in [1.807, 2.05) is 4.68 Å². The van der Waals surface area contributed by atoms with Gasteiger partial charge in [-0.05, 0) is 33.1 Å². The van der Waals surface area contributed by atoms with Gasteiger partial charge in [0.1, 0.15) is 12.2 Å². The number of aromatic nitrogens is 3. The molecule has 1 aliphatic heterocycles. The van der Waals surface area contributed by atoms with Gasteiger partial charge in [-0.2, -0.15) is 5.10 Å². The van der Waals surface area contributed by atoms with Gasteiger partial charge in [0.25, 0.3) is 0 Å². The van der Waals surface area contributed by atoms with Gasteiger partial charge < -0.3 is 5.32 Å². The van der Waals surface area contributed by atoms with E-state index < -0.39 is 0 Å². The van der Waals surface area contributed by atoms with Crippen LogP contribution < -0.4 is 5.32 Å². The minimum Gasteiger partial charge on any atom is -0.311 e. The Kier molecular flexibility index (Phi) is 5.04. The van der Waals surface area contributed by atoms with E-state index in [4.69, 9.17) is 0 Å². The lowest BCUT2D eigenvalue weighted by atomic mass is 9.89. The molecule has 1 aliphatic rings. The molecule has 1 aromatic rings. The third-order valence-corrected chi connectivity index (χ3v) is 4.96. The fourth-order valence-corrected chi connectivity index (χ4v) is 3.02. The topological polar surface area (TPSA) is 46.0 Å². The van der Waals surface area contributed by atoms with Crippen molar-refractivity contribution in [2.24, 2.45) is 5.92 Å². The minimum atomic E-state index is 0.194. The highest BCUT2D eigenvalue weighted by molar-refractivity contribution is 4.99. The van der Waals surface area contributed by atoms with Gasteiger partial charge in [-0.25, -0.2) is 9.67 Å². The smallest absolute Gasteiger partial charge is 0.141 e. The van der Waals surface area contributed by atoms with Crippen LogP contribution >= 0.6 is 0 Å². The summed E-state index contributed by atoms with van der Waals surface area (Å²) in [4.78, 5) is 7.09. The highest BCUT2D eigenvalue weighted by Crippen LogP contribution is 2.26. The molecule has 0 aromatic carbocycles. The molecular weight excluding hydrogens is 262 g/mol. The summed E-state index contributed by atoms with van der Waals surface area (Å²) in [5.74, 6) is 1.73. The van der Waals surface area contributed by atoms with Gasteiger partial charge in [-0.15, -0.1) is 0 Å². The maximum atomic E-state index is 4.49. The van der Waals surface area contributed by atoms with E-state index in [2.05, 4.69) is 61.8 Å². The zero-order valence-corrected chi connectivity index (χ0v) is 14.4. The van der Waals surface area contributed by atoms with Gasteiger partial charge in [0, 0.05) is 30.7 Å². The fraction of sp³-hybridized carbons (Fsp3) is 0.875. The van der Waals surface area contributed by atoms with Crippen LogP contribution in [0.3, 0.4) is 0 Å². The molecule has 120 valence electrons. The van der Waals surface area contributed by atoms with Crippen molar-refractivity contribution in [1.82, 2.24) is 25.0 Å². The van der Waals surface area contributed by atoms with Crippen LogP contribution in [0.2, 0.25) is 0 Å². The van der Waals surface area contributed by atoms with Crippen molar-refractivity contribution in [3.63, 3.8) is 0 Å². The van der Waals surface area contributed by atoms with E-state index in [1.165, 1.54) is 0 Å². The summed E-state index contributed by atoms with van der Waals surface area (Å²) in [7, 11) is 0. The summed E-state index contributed by atoms with van der Waals surface area (Å²) in [6, 6.07) is 0.916. The van der Waals surface area contributed by atoms with Crippen molar-refractivity contribution in [2.75, 3.05) is 13.1 Å². The lowest BCUT2D eigenvalue weighted by molar-refractivity contribution is 0.0282. The Bertz CT molecular complexity index is 453. The molecule has 2 heterocycles. The van der Waals surface area contributed by atoms with Crippen LogP contribution in [0.1, 0.15) is 59.8 Å². The Balaban J connectivity index is 2.18. The summed E-state index contributed by atoms with van der Waals surface area (Å²) in [5.41, 5.74) is 0.194. The number of hydrogen-bond acceptors (Lipinski definition) is 4. The van der Waals surface area contributed by atoms with Gasteiger partial charge >= 0.3 is 0 Å². The molecule has 0 spiro atoms. The fourth-order valence-electron chi connectivity index (χ4n) is 3.02. The molecule has 2 atom stereocenters. The van der Waals surface area contributed by atoms with Crippen molar-refractivity contribution in [1.29, 1.82) is 0 Å². The van der Waals surface area contributed by atoms with E-state index in [0.29, 0.717) is 18.0 Å². The van der Waals surface area contributed by atoms with E-state index in [9.17, 15) is 0 Å². The third kappa shape index (κ3) is 3.46. The summed E-state index contributed by atoms with van der Waals surface area (Å²) < 4.78 is 2.04. The van der Waals surface area contributed by atoms with Crippen LogP contribution in [0.4, 0.5) is 0 Å². The Morgan fingerprint density at radius 1 is 1.38 bits per heavy atom. The average molecular weight is 293 g/mol. The number of rotatable bonds is 5. The Morgan fingerprint density at radius 3 is 2.67 bits per heavy atom. The molecule has 5 heteroatoms. The number of nitrogens with one attached hydrogen (secondary N) is 1. The molecule has 0 aliphatic carbocycles. The zero-order chi connectivity index (χ0) is 15.6. The van der Waals surface area contributed by atoms with Gasteiger partial charge in [0.05, 0.1) is 6.54 Å². The summed E-state index contributed by atoms with van der Waals surface area (Å²) in [6.45, 7) is 16.5. The van der Waals surface area contributed by atoms with Gasteiger partial charge in [0.15, 0.2) is 0 Å². The third-order valence-electron chi connectivity index (χ3n) is 4.96.